The number of thiazole rings is 1. The molecule has 1 saturated carbocycles. The van der Waals surface area contributed by atoms with Crippen molar-refractivity contribution in [1.29, 1.82) is 0 Å². The van der Waals surface area contributed by atoms with E-state index in [0.29, 0.717) is 76.8 Å². The first-order valence-corrected chi connectivity index (χ1v) is 50.6. The van der Waals surface area contributed by atoms with Crippen molar-refractivity contribution in [3.8, 4) is 0 Å². The second-order valence-electron chi connectivity index (χ2n) is 35.4. The summed E-state index contributed by atoms with van der Waals surface area (Å²) in [6.45, 7) is 21.1. The number of rotatable bonds is 11. The van der Waals surface area contributed by atoms with Crippen LogP contribution in [-0.4, -0.2) is 127 Å². The molecule has 15 aromatic rings. The van der Waals surface area contributed by atoms with Crippen LogP contribution in [0.4, 0.5) is 49.0 Å². The van der Waals surface area contributed by atoms with Crippen molar-refractivity contribution in [2.75, 3.05) is 50.8 Å². The van der Waals surface area contributed by atoms with Crippen LogP contribution >= 0.6 is 57.7 Å². The first-order chi connectivity index (χ1) is 72.1. The van der Waals surface area contributed by atoms with Crippen LogP contribution in [0.25, 0.3) is 0 Å². The third kappa shape index (κ3) is 27.3. The minimum absolute atomic E-state index is 0.310. The number of aromatic nitrogens is 11. The Morgan fingerprint density at radius 3 is 1.07 bits per heavy atom. The predicted octanol–water partition coefficient (Wildman–Crippen LogP) is 21.8. The van der Waals surface area contributed by atoms with Gasteiger partial charge in [-0.05, 0) is 198 Å². The number of nitrogens with one attached hydrogen (secondary N) is 11. The van der Waals surface area contributed by atoms with Crippen LogP contribution in [0.2, 0.25) is 20.1 Å². The van der Waals surface area contributed by atoms with Crippen molar-refractivity contribution in [2.24, 2.45) is 45.9 Å². The molecule has 748 valence electrons. The third-order valence-corrected chi connectivity index (χ3v) is 27.0. The number of amides is 4. The zero-order valence-electron chi connectivity index (χ0n) is 82.7. The zero-order valence-corrected chi connectivity index (χ0v) is 86.5. The van der Waals surface area contributed by atoms with Gasteiger partial charge in [0.15, 0.2) is 40.1 Å². The van der Waals surface area contributed by atoms with Gasteiger partial charge in [-0.15, -0.1) is 11.3 Å². The molecule has 0 saturated heterocycles. The van der Waals surface area contributed by atoms with Gasteiger partial charge in [0.05, 0.1) is 91.9 Å². The Morgan fingerprint density at radius 2 is 0.689 bits per heavy atom. The van der Waals surface area contributed by atoms with E-state index >= 15 is 0 Å². The number of hydrogen-bond donors (Lipinski definition) is 11. The molecule has 1 fully saturated rings. The molecule has 37 heteroatoms. The van der Waals surface area contributed by atoms with Crippen molar-refractivity contribution < 1.29 is 9.59 Å². The normalized spacial score (nSPS) is 13.7. The molecule has 4 aromatic carbocycles. The molecule has 0 bridgehead atoms. The van der Waals surface area contributed by atoms with E-state index in [1.165, 1.54) is 65.5 Å². The summed E-state index contributed by atoms with van der Waals surface area (Å²) >= 11 is 25.9. The Bertz CT molecular complexity index is 7480. The fraction of sp³-hybridized carbons (Fsp3) is 0.216. The SMILES string of the molecule is CNc1ncc(NC2=NCc3cccnc32)cc1Cl.Cc1c(Cl)cc(NC2=NCc3cccnc32)cc1Cl.Cc1ccc(NC(=O)NC2=NCc3cccnc32)cc1C.Cc1ccc(NC(=O)NC2=NCc3cccnc32)cc1C.Cc1cccc(CNC2=NCc3cccnc32)c1.Cc1ncc(NC2=NCc3cccnc32)cc1Cl.c1cnc2c(c1)CN=C2NCC1CCCCC1.c1cnc2c(c1)CN=C2Nc1nccs1. The van der Waals surface area contributed by atoms with Crippen LogP contribution in [0.3, 0.4) is 0 Å². The number of amidine groups is 8. The molecule has 0 atom stereocenters. The molecule has 9 aliphatic rings. The van der Waals surface area contributed by atoms with Crippen LogP contribution in [-0.2, 0) is 58.9 Å². The smallest absolute Gasteiger partial charge is 0.324 e. The van der Waals surface area contributed by atoms with Crippen LogP contribution in [0.5, 0.6) is 0 Å². The number of pyridine rings is 10. The number of aryl methyl sites for hydroxylation is 6. The molecule has 8 aliphatic heterocycles. The molecule has 32 nitrogen and oxygen atoms in total. The molecular weight excluding hydrogens is 1960 g/mol. The van der Waals surface area contributed by atoms with E-state index in [4.69, 9.17) is 46.4 Å². The summed E-state index contributed by atoms with van der Waals surface area (Å²) < 4.78 is 0. The number of carbonyl (C=O) groups is 2. The fourth-order valence-electron chi connectivity index (χ4n) is 16.6. The lowest BCUT2D eigenvalue weighted by atomic mass is 9.89. The van der Waals surface area contributed by atoms with Gasteiger partial charge >= 0.3 is 12.1 Å². The summed E-state index contributed by atoms with van der Waals surface area (Å²) in [5.41, 5.74) is 29.0. The number of aliphatic imine (C=N–C) groups is 8. The zero-order chi connectivity index (χ0) is 103. The number of anilines is 7. The van der Waals surface area contributed by atoms with Gasteiger partial charge in [0.25, 0.3) is 0 Å². The van der Waals surface area contributed by atoms with Crippen molar-refractivity contribution in [1.82, 2.24) is 76.1 Å². The van der Waals surface area contributed by atoms with E-state index in [2.05, 4.69) is 197 Å². The van der Waals surface area contributed by atoms with Crippen molar-refractivity contribution >= 4 is 156 Å². The Kier molecular flexibility index (Phi) is 34.8. The van der Waals surface area contributed by atoms with E-state index < -0.39 is 0 Å². The predicted molar refractivity (Wildman–Crippen MR) is 595 cm³/mol. The summed E-state index contributed by atoms with van der Waals surface area (Å²) in [6.07, 6.45) is 26.3. The lowest BCUT2D eigenvalue weighted by molar-refractivity contribution is 0.255. The van der Waals surface area contributed by atoms with E-state index in [9.17, 15) is 9.59 Å². The second kappa shape index (κ2) is 50.0. The van der Waals surface area contributed by atoms with E-state index in [1.54, 1.807) is 74.2 Å². The topological polar surface area (TPSA) is 407 Å². The van der Waals surface area contributed by atoms with Crippen LogP contribution < -0.4 is 58.5 Å². The summed E-state index contributed by atoms with van der Waals surface area (Å²) in [7, 11) is 1.78. The van der Waals surface area contributed by atoms with Gasteiger partial charge in [-0.3, -0.25) is 95.4 Å². The molecule has 11 aromatic heterocycles. The number of hydrogen-bond acceptors (Lipinski definition) is 29. The Labute approximate surface area is 881 Å². The summed E-state index contributed by atoms with van der Waals surface area (Å²) in [6, 6.07) is 58.4. The molecule has 4 amide bonds. The molecule has 1 aliphatic carbocycles. The quantitative estimate of drug-likeness (QED) is 0.0573. The average molecular weight is 2070 g/mol. The lowest BCUT2D eigenvalue weighted by Crippen LogP contribution is -2.34. The van der Waals surface area contributed by atoms with Crippen LogP contribution in [0.15, 0.2) is 295 Å². The first kappa shape index (κ1) is 103. The van der Waals surface area contributed by atoms with E-state index in [0.717, 1.165) is 202 Å². The molecular formula is C111H108Cl4N30O2S. The number of carbonyl (C=O) groups excluding carboxylic acids is 2. The number of halogens is 4. The van der Waals surface area contributed by atoms with Gasteiger partial charge < -0.3 is 47.9 Å². The molecule has 0 unspecified atom stereocenters. The number of urea groups is 2. The molecule has 0 spiro atoms. The summed E-state index contributed by atoms with van der Waals surface area (Å²) in [4.78, 5) is 107. The van der Waals surface area contributed by atoms with Crippen LogP contribution in [0.1, 0.15) is 167 Å². The summed E-state index contributed by atoms with van der Waals surface area (Å²) in [5.74, 6) is 7.54. The lowest BCUT2D eigenvalue weighted by Gasteiger charge is -2.22. The second-order valence-corrected chi connectivity index (χ2v) is 37.9. The number of nitrogens with zero attached hydrogens (tertiary/aromatic N) is 19. The first-order valence-electron chi connectivity index (χ1n) is 48.2. The van der Waals surface area contributed by atoms with Gasteiger partial charge in [-0.2, -0.15) is 0 Å². The maximum Gasteiger partial charge on any atom is 0.324 e. The van der Waals surface area contributed by atoms with Gasteiger partial charge in [-0.25, -0.2) is 19.6 Å². The Morgan fingerprint density at radius 1 is 0.324 bits per heavy atom. The fourth-order valence-corrected chi connectivity index (χ4v) is 18.1. The van der Waals surface area contributed by atoms with E-state index in [-0.39, 0.29) is 12.1 Å². The molecule has 0 radical (unpaired) electrons. The molecule has 19 heterocycles. The highest BCUT2D eigenvalue weighted by Gasteiger charge is 2.27. The van der Waals surface area contributed by atoms with Gasteiger partial charge in [0.1, 0.15) is 63.0 Å². The molecule has 148 heavy (non-hydrogen) atoms. The average Bonchev–Trinajstić information content (AvgIpc) is 1.67. The highest BCUT2D eigenvalue weighted by molar-refractivity contribution is 7.13. The Hall–Kier alpha value is -16.3. The summed E-state index contributed by atoms with van der Waals surface area (Å²) in [5, 5.41) is 39.0. The van der Waals surface area contributed by atoms with Crippen LogP contribution in [0, 0.1) is 54.4 Å². The van der Waals surface area contributed by atoms with E-state index in [1.807, 2.05) is 205 Å². The number of fused-ring (bicyclic) bond motifs is 8. The minimum atomic E-state index is -0.310. The highest BCUT2D eigenvalue weighted by Crippen LogP contribution is 2.33. The standard InChI is InChI=1S/2C16H16N4O.C15H15N3.C14H11Cl2N3.C14H19N3.C13H12ClN5.C13H11ClN4.C10H8N4S/c2*1-10-5-6-13(8-11(10)2)19-16(21)20-15-14-12(9-18-15)4-3-7-17-14;1-11-4-2-5-12(8-11)9-17-15-14-13(10-18-15)6-3-7-16-14;1-8-11(15)5-10(6-12(8)16)19-14-13-9(7-18-14)3-2-4-17-13;1-2-5-11(6-3-1)9-16-14-13-12(10-17-14)7-4-8-15-13;1-15-12-10(14)5-9(7-18-12)19-13-11-8(6-17-13)3-2-4-16-11;1-8-11(14)5-10(7-16-8)18-13-12-9(6-17-13)3-2-4-15-12;1-2-7-6-13-9(8(7)11-3-1)14-10-12-4-5-15-10/h2*3-8H,9H2,1-2H3,(H2,18,19,20,21);2-8H,9-10H2,1H3,(H,17,18);2-6H,7H2,1H3,(H,18,19);4,7-8,11H,1-3,5-6,9-10H2,(H,16,17);2-5,7H,6H2,1H3,(H,15,18)(H,17,19);2-5,7H,6H2,1H3,(H,17,18);1-5H,6H2,(H,12,13,14). The highest BCUT2D eigenvalue weighted by atomic mass is 35.5. The van der Waals surface area contributed by atoms with Gasteiger partial charge in [-0.1, -0.05) is 156 Å². The van der Waals surface area contributed by atoms with Gasteiger partial charge in [0, 0.05) is 153 Å². The molecule has 24 rings (SSSR count). The minimum Gasteiger partial charge on any atom is -0.372 e. The number of benzene rings is 4. The Balaban J connectivity index is 0.000000116. The van der Waals surface area contributed by atoms with Crippen molar-refractivity contribution in [2.45, 2.75) is 139 Å². The maximum absolute atomic E-state index is 12.0. The van der Waals surface area contributed by atoms with Crippen molar-refractivity contribution in [3.05, 3.63) is 410 Å². The largest absolute Gasteiger partial charge is 0.372 e. The molecule has 11 N–H and O–H groups in total. The van der Waals surface area contributed by atoms with Crippen molar-refractivity contribution in [3.63, 3.8) is 0 Å². The third-order valence-electron chi connectivity index (χ3n) is 24.8. The van der Waals surface area contributed by atoms with Gasteiger partial charge in [0.2, 0.25) is 0 Å². The maximum atomic E-state index is 12.0. The monoisotopic (exact) mass is 2060 g/mol.